The largest absolute Gasteiger partial charge is 0.308 e. The lowest BCUT2D eigenvalue weighted by Gasteiger charge is -2.30. The summed E-state index contributed by atoms with van der Waals surface area (Å²) in [7, 11) is -3.70. The van der Waals surface area contributed by atoms with E-state index in [0.29, 0.717) is 31.6 Å². The molecule has 0 N–H and O–H groups in total. The number of benzene rings is 3. The average molecular weight is 447 g/mol. The molecule has 164 valence electrons. The molecule has 0 atom stereocenters. The van der Waals surface area contributed by atoms with Crippen molar-refractivity contribution in [3.63, 3.8) is 0 Å². The number of carbonyl (C=O) groups is 1. The highest BCUT2D eigenvalue weighted by atomic mass is 32.2. The molecule has 0 unspecified atom stereocenters. The molecule has 6 heteroatoms. The third kappa shape index (κ3) is 3.74. The van der Waals surface area contributed by atoms with Gasteiger partial charge in [0.2, 0.25) is 10.0 Å². The normalized spacial score (nSPS) is 16.3. The third-order valence-corrected chi connectivity index (χ3v) is 8.25. The van der Waals surface area contributed by atoms with Gasteiger partial charge in [-0.25, -0.2) is 8.42 Å². The highest BCUT2D eigenvalue weighted by molar-refractivity contribution is 7.89. The zero-order valence-electron chi connectivity index (χ0n) is 18.1. The predicted molar refractivity (Wildman–Crippen MR) is 125 cm³/mol. The second-order valence-corrected chi connectivity index (χ2v) is 10.5. The summed E-state index contributed by atoms with van der Waals surface area (Å²) in [6.45, 7) is 3.48. The molecule has 2 aliphatic heterocycles. The van der Waals surface area contributed by atoms with E-state index in [4.69, 9.17) is 0 Å². The van der Waals surface area contributed by atoms with Crippen molar-refractivity contribution in [1.82, 2.24) is 4.31 Å². The van der Waals surface area contributed by atoms with E-state index in [2.05, 4.69) is 12.1 Å². The van der Waals surface area contributed by atoms with Crippen LogP contribution < -0.4 is 4.90 Å². The fourth-order valence-corrected chi connectivity index (χ4v) is 6.17. The lowest BCUT2D eigenvalue weighted by atomic mass is 9.99. The Bertz CT molecular complexity index is 1300. The van der Waals surface area contributed by atoms with Crippen LogP contribution in [0, 0.1) is 6.92 Å². The van der Waals surface area contributed by atoms with Gasteiger partial charge in [0.1, 0.15) is 0 Å². The Balaban J connectivity index is 1.44. The maximum absolute atomic E-state index is 13.4. The molecule has 3 aromatic rings. The number of fused-ring (bicyclic) bond motifs is 2. The summed E-state index contributed by atoms with van der Waals surface area (Å²) < 4.78 is 28.3. The highest BCUT2D eigenvalue weighted by Gasteiger charge is 2.30. The van der Waals surface area contributed by atoms with Crippen molar-refractivity contribution >= 4 is 21.6 Å². The summed E-state index contributed by atoms with van der Waals surface area (Å²) in [5, 5.41) is 0. The number of hydrogen-bond acceptors (Lipinski definition) is 3. The van der Waals surface area contributed by atoms with Crippen LogP contribution in [0.1, 0.15) is 39.0 Å². The lowest BCUT2D eigenvalue weighted by molar-refractivity contribution is 0.0985. The van der Waals surface area contributed by atoms with Gasteiger partial charge in [-0.15, -0.1) is 0 Å². The molecule has 5 nitrogen and oxygen atoms in total. The van der Waals surface area contributed by atoms with Crippen molar-refractivity contribution in [2.45, 2.75) is 37.6 Å². The minimum Gasteiger partial charge on any atom is -0.308 e. The summed E-state index contributed by atoms with van der Waals surface area (Å²) in [5.41, 5.74) is 5.90. The van der Waals surface area contributed by atoms with Gasteiger partial charge in [-0.3, -0.25) is 4.79 Å². The smallest absolute Gasteiger partial charge is 0.258 e. The van der Waals surface area contributed by atoms with Crippen molar-refractivity contribution in [3.05, 3.63) is 94.5 Å². The number of sulfonamides is 1. The first-order valence-corrected chi connectivity index (χ1v) is 12.5. The molecule has 5 rings (SSSR count). The summed E-state index contributed by atoms with van der Waals surface area (Å²) in [4.78, 5) is 15.3. The first-order chi connectivity index (χ1) is 15.4. The molecule has 0 spiro atoms. The summed E-state index contributed by atoms with van der Waals surface area (Å²) in [6, 6.07) is 20.6. The van der Waals surface area contributed by atoms with Crippen LogP contribution in [0.3, 0.4) is 0 Å². The molecule has 0 saturated heterocycles. The quantitative estimate of drug-likeness (QED) is 0.602. The molecular weight excluding hydrogens is 420 g/mol. The molecule has 0 aliphatic carbocycles. The Hall–Kier alpha value is -2.96. The van der Waals surface area contributed by atoms with E-state index < -0.39 is 10.0 Å². The van der Waals surface area contributed by atoms with E-state index in [1.165, 1.54) is 27.1 Å². The number of hydrogen-bond donors (Lipinski definition) is 0. The van der Waals surface area contributed by atoms with Gasteiger partial charge in [-0.2, -0.15) is 4.31 Å². The summed E-state index contributed by atoms with van der Waals surface area (Å²) in [6.07, 6.45) is 2.54. The molecule has 32 heavy (non-hydrogen) atoms. The maximum atomic E-state index is 13.4. The van der Waals surface area contributed by atoms with Crippen LogP contribution in [-0.2, 0) is 29.4 Å². The number of carbonyl (C=O) groups excluding carboxylic acids is 1. The van der Waals surface area contributed by atoms with Crippen LogP contribution in [-0.4, -0.2) is 31.7 Å². The maximum Gasteiger partial charge on any atom is 0.258 e. The fraction of sp³-hybridized carbons (Fsp3) is 0.269. The number of nitrogens with zero attached hydrogens (tertiary/aromatic N) is 2. The minimum atomic E-state index is -3.70. The first kappa shape index (κ1) is 20.9. The summed E-state index contributed by atoms with van der Waals surface area (Å²) in [5.74, 6) is -0.157. The second kappa shape index (κ2) is 8.19. The Morgan fingerprint density at radius 2 is 1.66 bits per heavy atom. The van der Waals surface area contributed by atoms with Gasteiger partial charge in [-0.05, 0) is 67.1 Å². The number of amides is 1. The molecule has 0 radical (unpaired) electrons. The molecule has 2 heterocycles. The van der Waals surface area contributed by atoms with Crippen molar-refractivity contribution in [2.24, 2.45) is 0 Å². The van der Waals surface area contributed by atoms with Gasteiger partial charge >= 0.3 is 0 Å². The van der Waals surface area contributed by atoms with Crippen LogP contribution in [0.15, 0.2) is 71.6 Å². The third-order valence-electron chi connectivity index (χ3n) is 6.41. The zero-order valence-corrected chi connectivity index (χ0v) is 18.9. The molecule has 0 aromatic heterocycles. The van der Waals surface area contributed by atoms with E-state index in [0.717, 1.165) is 24.1 Å². The molecule has 0 saturated carbocycles. The van der Waals surface area contributed by atoms with E-state index in [9.17, 15) is 13.2 Å². The van der Waals surface area contributed by atoms with Gasteiger partial charge in [0.25, 0.3) is 5.91 Å². The molecular formula is C26H26N2O3S. The van der Waals surface area contributed by atoms with Gasteiger partial charge in [0, 0.05) is 30.9 Å². The first-order valence-electron chi connectivity index (χ1n) is 11.0. The van der Waals surface area contributed by atoms with Crippen LogP contribution in [0.25, 0.3) is 0 Å². The van der Waals surface area contributed by atoms with Gasteiger partial charge in [0.15, 0.2) is 0 Å². The van der Waals surface area contributed by atoms with Gasteiger partial charge in [-0.1, -0.05) is 48.0 Å². The van der Waals surface area contributed by atoms with Crippen molar-refractivity contribution in [1.29, 1.82) is 0 Å². The van der Waals surface area contributed by atoms with Crippen LogP contribution >= 0.6 is 0 Å². The Labute approximate surface area is 189 Å². The molecule has 0 fully saturated rings. The van der Waals surface area contributed by atoms with Crippen molar-refractivity contribution in [2.75, 3.05) is 18.0 Å². The minimum absolute atomic E-state index is 0.157. The molecule has 2 aliphatic rings. The monoisotopic (exact) mass is 446 g/mol. The van der Waals surface area contributed by atoms with Crippen LogP contribution in [0.4, 0.5) is 5.69 Å². The molecule has 1 amide bonds. The van der Waals surface area contributed by atoms with E-state index >= 15 is 0 Å². The molecule has 0 bridgehead atoms. The SMILES string of the molecule is Cc1ccc2c(c1)CCCN2C(=O)c1cccc(S(=O)(=O)N2CCc3ccccc3C2)c1. The Morgan fingerprint density at radius 1 is 0.844 bits per heavy atom. The predicted octanol–water partition coefficient (Wildman–Crippen LogP) is 4.34. The van der Waals surface area contributed by atoms with Crippen LogP contribution in [0.2, 0.25) is 0 Å². The average Bonchev–Trinajstić information content (AvgIpc) is 2.82. The fourth-order valence-electron chi connectivity index (χ4n) is 4.71. The Morgan fingerprint density at radius 3 is 2.50 bits per heavy atom. The number of rotatable bonds is 3. The highest BCUT2D eigenvalue weighted by Crippen LogP contribution is 2.30. The zero-order chi connectivity index (χ0) is 22.3. The lowest BCUT2D eigenvalue weighted by Crippen LogP contribution is -2.37. The standard InChI is InChI=1S/C26H26N2O3S/c1-19-11-12-25-21(16-19)9-5-14-28(25)26(29)22-8-4-10-24(17-22)32(30,31)27-15-13-20-6-2-3-7-23(20)18-27/h2-4,6-8,10-12,16-17H,5,9,13-15,18H2,1H3. The van der Waals surface area contributed by atoms with E-state index in [1.54, 1.807) is 23.1 Å². The number of anilines is 1. The second-order valence-electron chi connectivity index (χ2n) is 8.58. The van der Waals surface area contributed by atoms with E-state index in [1.807, 2.05) is 37.3 Å². The van der Waals surface area contributed by atoms with Crippen molar-refractivity contribution < 1.29 is 13.2 Å². The molecule has 3 aromatic carbocycles. The van der Waals surface area contributed by atoms with Gasteiger partial charge < -0.3 is 4.90 Å². The van der Waals surface area contributed by atoms with Crippen LogP contribution in [0.5, 0.6) is 0 Å². The topological polar surface area (TPSA) is 57.7 Å². The Kier molecular flexibility index (Phi) is 5.35. The van der Waals surface area contributed by atoms with Gasteiger partial charge in [0.05, 0.1) is 4.90 Å². The summed E-state index contributed by atoms with van der Waals surface area (Å²) >= 11 is 0. The van der Waals surface area contributed by atoms with Crippen molar-refractivity contribution in [3.8, 4) is 0 Å². The number of aryl methyl sites for hydroxylation is 2. The van der Waals surface area contributed by atoms with E-state index in [-0.39, 0.29) is 10.8 Å².